The van der Waals surface area contributed by atoms with E-state index in [1.54, 1.807) is 19.2 Å². The van der Waals surface area contributed by atoms with Crippen molar-refractivity contribution < 1.29 is 14.3 Å². The third-order valence-electron chi connectivity index (χ3n) is 3.13. The summed E-state index contributed by atoms with van der Waals surface area (Å²) in [5, 5.41) is 8.50. The molecule has 0 aliphatic carbocycles. The molecule has 2 amide bonds. The van der Waals surface area contributed by atoms with Crippen LogP contribution in [0.5, 0.6) is 0 Å². The molecule has 0 radical (unpaired) electrons. The highest BCUT2D eigenvalue weighted by molar-refractivity contribution is 5.93. The van der Waals surface area contributed by atoms with Gasteiger partial charge in [-0.3, -0.25) is 9.59 Å². The summed E-state index contributed by atoms with van der Waals surface area (Å²) in [5.41, 5.74) is 1.54. The molecule has 0 spiro atoms. The monoisotopic (exact) mass is 277 g/mol. The fraction of sp³-hybridized carbons (Fsp3) is 0.429. The normalized spacial score (nSPS) is 18.4. The molecule has 0 aromatic heterocycles. The maximum absolute atomic E-state index is 11.9. The van der Waals surface area contributed by atoms with Crippen molar-refractivity contribution in [1.29, 1.82) is 0 Å². The van der Waals surface area contributed by atoms with Gasteiger partial charge in [-0.2, -0.15) is 0 Å². The lowest BCUT2D eigenvalue weighted by atomic mass is 10.1. The molecule has 6 heteroatoms. The maximum atomic E-state index is 11.9. The van der Waals surface area contributed by atoms with Crippen LogP contribution in [0.3, 0.4) is 0 Å². The third kappa shape index (κ3) is 3.79. The zero-order chi connectivity index (χ0) is 14.4. The Kier molecular flexibility index (Phi) is 5.09. The quantitative estimate of drug-likeness (QED) is 0.703. The first-order valence-corrected chi connectivity index (χ1v) is 6.62. The molecule has 1 unspecified atom stereocenters. The molecule has 1 aliphatic rings. The van der Waals surface area contributed by atoms with Crippen LogP contribution in [0.2, 0.25) is 0 Å². The minimum atomic E-state index is -0.422. The molecule has 0 saturated carbocycles. The Labute approximate surface area is 117 Å². The molecular formula is C14H19N3O3. The van der Waals surface area contributed by atoms with Crippen molar-refractivity contribution >= 4 is 11.8 Å². The Bertz CT molecular complexity index is 467. The van der Waals surface area contributed by atoms with Crippen LogP contribution in [0.4, 0.5) is 0 Å². The number of hydrogen-bond donors (Lipinski definition) is 3. The van der Waals surface area contributed by atoms with Crippen molar-refractivity contribution in [3.63, 3.8) is 0 Å². The standard InChI is InChI=1S/C14H19N3O3/c1-15-13(18)11-4-2-10(3-5-11)8-17-14(19)12-9-16-6-7-20-12/h2-5,12,16H,6-9H2,1H3,(H,15,18)(H,17,19). The molecule has 20 heavy (non-hydrogen) atoms. The van der Waals surface area contributed by atoms with Gasteiger partial charge >= 0.3 is 0 Å². The highest BCUT2D eigenvalue weighted by Crippen LogP contribution is 2.05. The van der Waals surface area contributed by atoms with Gasteiger partial charge in [-0.25, -0.2) is 0 Å². The zero-order valence-corrected chi connectivity index (χ0v) is 11.4. The summed E-state index contributed by atoms with van der Waals surface area (Å²) in [6.45, 7) is 2.30. The first-order chi connectivity index (χ1) is 9.70. The number of carbonyl (C=O) groups excluding carboxylic acids is 2. The predicted molar refractivity (Wildman–Crippen MR) is 74.3 cm³/mol. The van der Waals surface area contributed by atoms with Crippen LogP contribution in [0.25, 0.3) is 0 Å². The number of rotatable bonds is 4. The molecule has 0 bridgehead atoms. The van der Waals surface area contributed by atoms with E-state index in [1.165, 1.54) is 0 Å². The summed E-state index contributed by atoms with van der Waals surface area (Å²) in [6.07, 6.45) is -0.422. The Morgan fingerprint density at radius 3 is 2.70 bits per heavy atom. The molecule has 3 N–H and O–H groups in total. The molecule has 1 aromatic carbocycles. The number of amides is 2. The molecule has 1 atom stereocenters. The molecule has 1 aromatic rings. The summed E-state index contributed by atoms with van der Waals surface area (Å²) in [5.74, 6) is -0.241. The van der Waals surface area contributed by atoms with Crippen LogP contribution in [0.15, 0.2) is 24.3 Å². The van der Waals surface area contributed by atoms with Crippen LogP contribution >= 0.6 is 0 Å². The lowest BCUT2D eigenvalue weighted by Crippen LogP contribution is -2.47. The zero-order valence-electron chi connectivity index (χ0n) is 11.4. The summed E-state index contributed by atoms with van der Waals surface area (Å²) in [7, 11) is 1.59. The van der Waals surface area contributed by atoms with Gasteiger partial charge < -0.3 is 20.7 Å². The molecule has 1 saturated heterocycles. The van der Waals surface area contributed by atoms with E-state index in [4.69, 9.17) is 4.74 Å². The van der Waals surface area contributed by atoms with Crippen LogP contribution in [-0.4, -0.2) is 44.7 Å². The summed E-state index contributed by atoms with van der Waals surface area (Å²) in [6, 6.07) is 7.12. The first kappa shape index (κ1) is 14.5. The summed E-state index contributed by atoms with van der Waals surface area (Å²) in [4.78, 5) is 23.2. The van der Waals surface area contributed by atoms with Gasteiger partial charge in [0.05, 0.1) is 6.61 Å². The SMILES string of the molecule is CNC(=O)c1ccc(CNC(=O)C2CNCCO2)cc1. The number of morpholine rings is 1. The van der Waals surface area contributed by atoms with Gasteiger partial charge in [0.1, 0.15) is 6.10 Å². The van der Waals surface area contributed by atoms with Gasteiger partial charge in [-0.1, -0.05) is 12.1 Å². The van der Waals surface area contributed by atoms with Crippen molar-refractivity contribution in [2.24, 2.45) is 0 Å². The Morgan fingerprint density at radius 1 is 1.35 bits per heavy atom. The van der Waals surface area contributed by atoms with Crippen molar-refractivity contribution in [3.8, 4) is 0 Å². The van der Waals surface area contributed by atoms with E-state index in [0.717, 1.165) is 12.1 Å². The molecule has 108 valence electrons. The van der Waals surface area contributed by atoms with Gasteiger partial charge in [-0.05, 0) is 17.7 Å². The number of ether oxygens (including phenoxy) is 1. The van der Waals surface area contributed by atoms with E-state index in [0.29, 0.717) is 25.3 Å². The van der Waals surface area contributed by atoms with Crippen LogP contribution < -0.4 is 16.0 Å². The molecule has 1 aliphatic heterocycles. The second-order valence-corrected chi connectivity index (χ2v) is 4.56. The molecule has 6 nitrogen and oxygen atoms in total. The van der Waals surface area contributed by atoms with Gasteiger partial charge in [0.2, 0.25) is 0 Å². The summed E-state index contributed by atoms with van der Waals surface area (Å²) >= 11 is 0. The van der Waals surface area contributed by atoms with Gasteiger partial charge in [0, 0.05) is 32.2 Å². The Balaban J connectivity index is 1.84. The third-order valence-corrected chi connectivity index (χ3v) is 3.13. The van der Waals surface area contributed by atoms with Gasteiger partial charge in [-0.15, -0.1) is 0 Å². The fourth-order valence-corrected chi connectivity index (χ4v) is 1.96. The van der Waals surface area contributed by atoms with Crippen LogP contribution in [-0.2, 0) is 16.1 Å². The predicted octanol–water partition coefficient (Wildman–Crippen LogP) is -0.349. The van der Waals surface area contributed by atoms with E-state index in [-0.39, 0.29) is 11.8 Å². The molecule has 1 fully saturated rings. The average molecular weight is 277 g/mol. The van der Waals surface area contributed by atoms with E-state index < -0.39 is 6.10 Å². The minimum absolute atomic E-state index is 0.118. The second-order valence-electron chi connectivity index (χ2n) is 4.56. The smallest absolute Gasteiger partial charge is 0.251 e. The van der Waals surface area contributed by atoms with Gasteiger partial charge in [0.25, 0.3) is 11.8 Å². The van der Waals surface area contributed by atoms with Gasteiger partial charge in [0.15, 0.2) is 0 Å². The minimum Gasteiger partial charge on any atom is -0.366 e. The maximum Gasteiger partial charge on any atom is 0.251 e. The Morgan fingerprint density at radius 2 is 2.10 bits per heavy atom. The Hall–Kier alpha value is -1.92. The van der Waals surface area contributed by atoms with E-state index in [9.17, 15) is 9.59 Å². The van der Waals surface area contributed by atoms with Crippen LogP contribution in [0, 0.1) is 0 Å². The summed E-state index contributed by atoms with van der Waals surface area (Å²) < 4.78 is 5.37. The largest absolute Gasteiger partial charge is 0.366 e. The first-order valence-electron chi connectivity index (χ1n) is 6.62. The number of hydrogen-bond acceptors (Lipinski definition) is 4. The van der Waals surface area contributed by atoms with Crippen molar-refractivity contribution in [2.75, 3.05) is 26.7 Å². The fourth-order valence-electron chi connectivity index (χ4n) is 1.96. The van der Waals surface area contributed by atoms with E-state index in [2.05, 4.69) is 16.0 Å². The van der Waals surface area contributed by atoms with E-state index >= 15 is 0 Å². The van der Waals surface area contributed by atoms with Crippen LogP contribution in [0.1, 0.15) is 15.9 Å². The highest BCUT2D eigenvalue weighted by Gasteiger charge is 2.21. The van der Waals surface area contributed by atoms with Crippen molar-refractivity contribution in [3.05, 3.63) is 35.4 Å². The number of nitrogens with one attached hydrogen (secondary N) is 3. The van der Waals surface area contributed by atoms with E-state index in [1.807, 2.05) is 12.1 Å². The molecule has 2 rings (SSSR count). The molecular weight excluding hydrogens is 258 g/mol. The lowest BCUT2D eigenvalue weighted by Gasteiger charge is -2.22. The number of benzene rings is 1. The molecule has 1 heterocycles. The highest BCUT2D eigenvalue weighted by atomic mass is 16.5. The lowest BCUT2D eigenvalue weighted by molar-refractivity contribution is -0.134. The van der Waals surface area contributed by atoms with Crippen molar-refractivity contribution in [1.82, 2.24) is 16.0 Å². The van der Waals surface area contributed by atoms with Crippen molar-refractivity contribution in [2.45, 2.75) is 12.6 Å². The second kappa shape index (κ2) is 7.02. The average Bonchev–Trinajstić information content (AvgIpc) is 2.53. The topological polar surface area (TPSA) is 79.5 Å². The number of carbonyl (C=O) groups is 2.